The molecule has 0 spiro atoms. The lowest BCUT2D eigenvalue weighted by molar-refractivity contribution is 0.101. The van der Waals surface area contributed by atoms with E-state index in [1.165, 1.54) is 13.0 Å². The molecule has 0 saturated heterocycles. The average Bonchev–Trinajstić information content (AvgIpc) is 2.31. The lowest BCUT2D eigenvalue weighted by Crippen LogP contribution is -2.28. The largest absolute Gasteiger partial charge is 0.507 e. The fraction of sp³-hybridized carbons (Fsp3) is 0.500. The molecule has 0 fully saturated rings. The van der Waals surface area contributed by atoms with Gasteiger partial charge in [-0.15, -0.1) is 0 Å². The summed E-state index contributed by atoms with van der Waals surface area (Å²) in [5.74, 6) is -0.941. The number of ketones is 1. The number of hydrogen-bond donors (Lipinski definition) is 1. The Morgan fingerprint density at radius 2 is 2.11 bits per heavy atom. The van der Waals surface area contributed by atoms with Gasteiger partial charge in [-0.1, -0.05) is 6.92 Å². The van der Waals surface area contributed by atoms with E-state index in [-0.39, 0.29) is 17.1 Å². The van der Waals surface area contributed by atoms with Gasteiger partial charge in [-0.3, -0.25) is 9.69 Å². The SMILES string of the molecule is CCC(C)N(C)Cc1cc(F)cc(C(C)=O)c1O. The van der Waals surface area contributed by atoms with Gasteiger partial charge in [-0.2, -0.15) is 0 Å². The van der Waals surface area contributed by atoms with Crippen LogP contribution < -0.4 is 0 Å². The number of benzene rings is 1. The number of nitrogens with zero attached hydrogens (tertiary/aromatic N) is 1. The van der Waals surface area contributed by atoms with Crippen molar-refractivity contribution in [3.8, 4) is 5.75 Å². The van der Waals surface area contributed by atoms with Gasteiger partial charge in [0.2, 0.25) is 0 Å². The number of carbonyl (C=O) groups is 1. The minimum Gasteiger partial charge on any atom is -0.507 e. The van der Waals surface area contributed by atoms with Gasteiger partial charge >= 0.3 is 0 Å². The summed E-state index contributed by atoms with van der Waals surface area (Å²) >= 11 is 0. The molecule has 0 radical (unpaired) electrons. The molecule has 0 bridgehead atoms. The van der Waals surface area contributed by atoms with Crippen LogP contribution in [0.4, 0.5) is 4.39 Å². The zero-order valence-electron chi connectivity index (χ0n) is 11.3. The first kappa shape index (κ1) is 14.6. The molecule has 4 heteroatoms. The summed E-state index contributed by atoms with van der Waals surface area (Å²) in [5, 5.41) is 9.97. The van der Waals surface area contributed by atoms with Gasteiger partial charge < -0.3 is 5.11 Å². The summed E-state index contributed by atoms with van der Waals surface area (Å²) in [5.41, 5.74) is 0.491. The molecule has 18 heavy (non-hydrogen) atoms. The molecule has 1 aromatic rings. The Bertz CT molecular complexity index is 446. The predicted molar refractivity (Wildman–Crippen MR) is 69.3 cm³/mol. The van der Waals surface area contributed by atoms with E-state index in [1.807, 2.05) is 11.9 Å². The molecule has 100 valence electrons. The number of Topliss-reactive ketones (excluding diaryl/α,β-unsaturated/α-hetero) is 1. The van der Waals surface area contributed by atoms with Gasteiger partial charge in [-0.25, -0.2) is 4.39 Å². The zero-order valence-corrected chi connectivity index (χ0v) is 11.3. The maximum atomic E-state index is 13.4. The Hall–Kier alpha value is -1.42. The smallest absolute Gasteiger partial charge is 0.163 e. The second-order valence-corrected chi connectivity index (χ2v) is 4.69. The van der Waals surface area contributed by atoms with E-state index in [0.717, 1.165) is 12.5 Å². The molecule has 3 nitrogen and oxygen atoms in total. The van der Waals surface area contributed by atoms with Gasteiger partial charge in [0, 0.05) is 18.2 Å². The molecule has 1 aromatic carbocycles. The third-order valence-electron chi connectivity index (χ3n) is 3.30. The predicted octanol–water partition coefficient (Wildman–Crippen LogP) is 2.96. The highest BCUT2D eigenvalue weighted by atomic mass is 19.1. The summed E-state index contributed by atoms with van der Waals surface area (Å²) in [6.45, 7) is 5.85. The van der Waals surface area contributed by atoms with E-state index in [0.29, 0.717) is 18.2 Å². The molecule has 0 amide bonds. The van der Waals surface area contributed by atoms with Crippen molar-refractivity contribution in [2.45, 2.75) is 39.8 Å². The fourth-order valence-corrected chi connectivity index (χ4v) is 1.78. The van der Waals surface area contributed by atoms with E-state index in [1.54, 1.807) is 0 Å². The molecule has 0 aliphatic rings. The van der Waals surface area contributed by atoms with Crippen molar-refractivity contribution in [3.05, 3.63) is 29.1 Å². The molecule has 0 aliphatic heterocycles. The molecule has 0 aromatic heterocycles. The van der Waals surface area contributed by atoms with Crippen LogP contribution >= 0.6 is 0 Å². The van der Waals surface area contributed by atoms with E-state index in [2.05, 4.69) is 13.8 Å². The first-order chi connectivity index (χ1) is 8.36. The van der Waals surface area contributed by atoms with Crippen molar-refractivity contribution in [1.29, 1.82) is 0 Å². The Labute approximate surface area is 107 Å². The van der Waals surface area contributed by atoms with Crippen LogP contribution in [0.1, 0.15) is 43.1 Å². The molecule has 0 aliphatic carbocycles. The van der Waals surface area contributed by atoms with Crippen LogP contribution in [0.25, 0.3) is 0 Å². The van der Waals surface area contributed by atoms with Crippen LogP contribution in [-0.4, -0.2) is 28.9 Å². The Morgan fingerprint density at radius 3 is 2.61 bits per heavy atom. The van der Waals surface area contributed by atoms with Gasteiger partial charge in [0.05, 0.1) is 5.56 Å². The Balaban J connectivity index is 3.06. The Kier molecular flexibility index (Phi) is 4.84. The second-order valence-electron chi connectivity index (χ2n) is 4.69. The summed E-state index contributed by atoms with van der Waals surface area (Å²) in [7, 11) is 1.91. The number of hydrogen-bond acceptors (Lipinski definition) is 3. The van der Waals surface area contributed by atoms with Crippen LogP contribution in [0.2, 0.25) is 0 Å². The molecule has 1 N–H and O–H groups in total. The monoisotopic (exact) mass is 253 g/mol. The summed E-state index contributed by atoms with van der Waals surface area (Å²) in [6, 6.07) is 2.68. The third kappa shape index (κ3) is 3.29. The van der Waals surface area contributed by atoms with Crippen LogP contribution in [0.5, 0.6) is 5.75 Å². The highest BCUT2D eigenvalue weighted by Gasteiger charge is 2.16. The Morgan fingerprint density at radius 1 is 1.50 bits per heavy atom. The molecule has 1 atom stereocenters. The lowest BCUT2D eigenvalue weighted by Gasteiger charge is -2.24. The van der Waals surface area contributed by atoms with Crippen LogP contribution in [0, 0.1) is 5.82 Å². The maximum Gasteiger partial charge on any atom is 0.163 e. The number of phenols is 1. The van der Waals surface area contributed by atoms with Crippen molar-refractivity contribution < 1.29 is 14.3 Å². The molecular formula is C14H20FNO2. The number of halogens is 1. The summed E-state index contributed by atoms with van der Waals surface area (Å²) < 4.78 is 13.4. The highest BCUT2D eigenvalue weighted by Crippen LogP contribution is 2.26. The number of aromatic hydroxyl groups is 1. The van der Waals surface area contributed by atoms with Gasteiger partial charge in [0.25, 0.3) is 0 Å². The van der Waals surface area contributed by atoms with Crippen molar-refractivity contribution >= 4 is 5.78 Å². The first-order valence-electron chi connectivity index (χ1n) is 6.09. The zero-order chi connectivity index (χ0) is 13.9. The van der Waals surface area contributed by atoms with E-state index < -0.39 is 5.82 Å². The van der Waals surface area contributed by atoms with E-state index >= 15 is 0 Å². The fourth-order valence-electron chi connectivity index (χ4n) is 1.78. The van der Waals surface area contributed by atoms with Crippen LogP contribution in [-0.2, 0) is 6.54 Å². The molecule has 0 heterocycles. The number of phenolic OH excluding ortho intramolecular Hbond substituents is 1. The minimum atomic E-state index is -0.495. The van der Waals surface area contributed by atoms with Gasteiger partial charge in [0.1, 0.15) is 11.6 Å². The molecule has 1 rings (SSSR count). The second kappa shape index (κ2) is 5.96. The highest BCUT2D eigenvalue weighted by molar-refractivity contribution is 5.97. The maximum absolute atomic E-state index is 13.4. The first-order valence-corrected chi connectivity index (χ1v) is 6.09. The molecule has 0 saturated carbocycles. The van der Waals surface area contributed by atoms with E-state index in [9.17, 15) is 14.3 Å². The lowest BCUT2D eigenvalue weighted by atomic mass is 10.0. The molecule has 1 unspecified atom stereocenters. The van der Waals surface area contributed by atoms with Crippen molar-refractivity contribution in [2.75, 3.05) is 7.05 Å². The van der Waals surface area contributed by atoms with Crippen molar-refractivity contribution in [2.24, 2.45) is 0 Å². The minimum absolute atomic E-state index is 0.0440. The van der Waals surface area contributed by atoms with Crippen molar-refractivity contribution in [1.82, 2.24) is 4.90 Å². The van der Waals surface area contributed by atoms with Gasteiger partial charge in [0.15, 0.2) is 5.78 Å². The van der Waals surface area contributed by atoms with E-state index in [4.69, 9.17) is 0 Å². The average molecular weight is 253 g/mol. The quantitative estimate of drug-likeness (QED) is 0.820. The number of rotatable bonds is 5. The normalized spacial score (nSPS) is 12.8. The molecular weight excluding hydrogens is 233 g/mol. The standard InChI is InChI=1S/C14H20FNO2/c1-5-9(2)16(4)8-11-6-12(15)7-13(10(3)17)14(11)18/h6-7,9,18H,5,8H2,1-4H3. The summed E-state index contributed by atoms with van der Waals surface area (Å²) in [6.07, 6.45) is 0.964. The number of carbonyl (C=O) groups excluding carboxylic acids is 1. The van der Waals surface area contributed by atoms with Crippen molar-refractivity contribution in [3.63, 3.8) is 0 Å². The van der Waals surface area contributed by atoms with Crippen LogP contribution in [0.3, 0.4) is 0 Å². The third-order valence-corrected chi connectivity index (χ3v) is 3.30. The topological polar surface area (TPSA) is 40.5 Å². The van der Waals surface area contributed by atoms with Gasteiger partial charge in [-0.05, 0) is 39.4 Å². The summed E-state index contributed by atoms with van der Waals surface area (Å²) in [4.78, 5) is 13.3. The van der Waals surface area contributed by atoms with Crippen LogP contribution in [0.15, 0.2) is 12.1 Å².